The quantitative estimate of drug-likeness (QED) is 0.604. The molecule has 2 heterocycles. The molecule has 1 aliphatic heterocycles. The number of rotatable bonds is 2. The van der Waals surface area contributed by atoms with Gasteiger partial charge >= 0.3 is 0 Å². The number of carbonyl (C=O) groups excluding carboxylic acids is 1. The topological polar surface area (TPSA) is 46.1 Å². The standard InChI is InChI=1S/C15H21N3O/c19-10-12-6-4-5-9-18(12)15-13-7-2-1-3-8-14(13)16-11-17-15/h10-12H,1-9H2. The Morgan fingerprint density at radius 3 is 2.89 bits per heavy atom. The molecule has 0 radical (unpaired) electrons. The largest absolute Gasteiger partial charge is 0.347 e. The summed E-state index contributed by atoms with van der Waals surface area (Å²) >= 11 is 0. The molecule has 1 fully saturated rings. The van der Waals surface area contributed by atoms with E-state index < -0.39 is 0 Å². The third kappa shape index (κ3) is 2.48. The Hall–Kier alpha value is -1.45. The smallest absolute Gasteiger partial charge is 0.142 e. The molecule has 102 valence electrons. The molecule has 1 unspecified atom stereocenters. The molecular formula is C15H21N3O. The first kappa shape index (κ1) is 12.6. The molecule has 1 aromatic heterocycles. The SMILES string of the molecule is O=CC1CCCCN1c1ncnc2c1CCCCC2. The Balaban J connectivity index is 1.97. The van der Waals surface area contributed by atoms with Gasteiger partial charge in [-0.25, -0.2) is 9.97 Å². The summed E-state index contributed by atoms with van der Waals surface area (Å²) in [4.78, 5) is 22.5. The number of piperidine rings is 1. The van der Waals surface area contributed by atoms with Gasteiger partial charge in [0, 0.05) is 17.8 Å². The fourth-order valence-electron chi connectivity index (χ4n) is 3.29. The first-order valence-corrected chi connectivity index (χ1v) is 7.45. The first-order chi connectivity index (χ1) is 9.40. The van der Waals surface area contributed by atoms with Gasteiger partial charge in [0.15, 0.2) is 0 Å². The summed E-state index contributed by atoms with van der Waals surface area (Å²) in [5, 5.41) is 0. The Morgan fingerprint density at radius 1 is 1.11 bits per heavy atom. The van der Waals surface area contributed by atoms with Crippen molar-refractivity contribution in [3.63, 3.8) is 0 Å². The number of anilines is 1. The highest BCUT2D eigenvalue weighted by molar-refractivity contribution is 5.66. The maximum absolute atomic E-state index is 11.3. The molecule has 0 N–H and O–H groups in total. The van der Waals surface area contributed by atoms with Gasteiger partial charge in [-0.1, -0.05) is 6.42 Å². The van der Waals surface area contributed by atoms with E-state index in [1.165, 1.54) is 30.5 Å². The third-order valence-corrected chi connectivity index (χ3v) is 4.33. The lowest BCUT2D eigenvalue weighted by Crippen LogP contribution is -2.41. The van der Waals surface area contributed by atoms with Crippen LogP contribution in [0.25, 0.3) is 0 Å². The normalized spacial score (nSPS) is 23.6. The van der Waals surface area contributed by atoms with Crippen LogP contribution in [0.5, 0.6) is 0 Å². The van der Waals surface area contributed by atoms with E-state index in [0.29, 0.717) is 0 Å². The van der Waals surface area contributed by atoms with E-state index in [1.54, 1.807) is 6.33 Å². The number of aldehydes is 1. The van der Waals surface area contributed by atoms with Gasteiger partial charge in [0.25, 0.3) is 0 Å². The van der Waals surface area contributed by atoms with Crippen molar-refractivity contribution in [2.45, 2.75) is 57.4 Å². The molecule has 0 spiro atoms. The van der Waals surface area contributed by atoms with Gasteiger partial charge in [0.05, 0.1) is 6.04 Å². The lowest BCUT2D eigenvalue weighted by Gasteiger charge is -2.34. The van der Waals surface area contributed by atoms with Crippen LogP contribution in [-0.4, -0.2) is 28.8 Å². The summed E-state index contributed by atoms with van der Waals surface area (Å²) in [5.41, 5.74) is 2.51. The molecule has 3 rings (SSSR count). The van der Waals surface area contributed by atoms with Gasteiger partial charge in [-0.05, 0) is 44.9 Å². The molecular weight excluding hydrogens is 238 g/mol. The molecule has 1 aliphatic carbocycles. The Labute approximate surface area is 114 Å². The third-order valence-electron chi connectivity index (χ3n) is 4.33. The van der Waals surface area contributed by atoms with Crippen molar-refractivity contribution in [2.24, 2.45) is 0 Å². The zero-order valence-corrected chi connectivity index (χ0v) is 11.3. The van der Waals surface area contributed by atoms with Crippen LogP contribution in [-0.2, 0) is 17.6 Å². The second kappa shape index (κ2) is 5.68. The molecule has 4 heteroatoms. The summed E-state index contributed by atoms with van der Waals surface area (Å²) < 4.78 is 0. The maximum Gasteiger partial charge on any atom is 0.142 e. The highest BCUT2D eigenvalue weighted by Gasteiger charge is 2.26. The number of carbonyl (C=O) groups is 1. The first-order valence-electron chi connectivity index (χ1n) is 7.45. The van der Waals surface area contributed by atoms with Crippen LogP contribution >= 0.6 is 0 Å². The summed E-state index contributed by atoms with van der Waals surface area (Å²) in [6.07, 6.45) is 11.9. The van der Waals surface area contributed by atoms with Gasteiger partial charge in [-0.2, -0.15) is 0 Å². The van der Waals surface area contributed by atoms with E-state index in [4.69, 9.17) is 0 Å². The number of aromatic nitrogens is 2. The van der Waals surface area contributed by atoms with Crippen molar-refractivity contribution < 1.29 is 4.79 Å². The number of hydrogen-bond acceptors (Lipinski definition) is 4. The van der Waals surface area contributed by atoms with Crippen molar-refractivity contribution in [1.82, 2.24) is 9.97 Å². The highest BCUT2D eigenvalue weighted by atomic mass is 16.1. The summed E-state index contributed by atoms with van der Waals surface area (Å²) in [7, 11) is 0. The monoisotopic (exact) mass is 259 g/mol. The van der Waals surface area contributed by atoms with Gasteiger partial charge in [-0.3, -0.25) is 0 Å². The Kier molecular flexibility index (Phi) is 3.76. The predicted molar refractivity (Wildman–Crippen MR) is 74.3 cm³/mol. The molecule has 4 nitrogen and oxygen atoms in total. The van der Waals surface area contributed by atoms with Crippen molar-refractivity contribution >= 4 is 12.1 Å². The van der Waals surface area contributed by atoms with Crippen molar-refractivity contribution in [2.75, 3.05) is 11.4 Å². The zero-order chi connectivity index (χ0) is 13.1. The van der Waals surface area contributed by atoms with E-state index in [1.807, 2.05) is 0 Å². The van der Waals surface area contributed by atoms with E-state index in [9.17, 15) is 4.79 Å². The van der Waals surface area contributed by atoms with Gasteiger partial charge in [-0.15, -0.1) is 0 Å². The van der Waals surface area contributed by atoms with Gasteiger partial charge < -0.3 is 9.69 Å². The Bertz CT molecular complexity index is 461. The van der Waals surface area contributed by atoms with E-state index in [-0.39, 0.29) is 6.04 Å². The van der Waals surface area contributed by atoms with Crippen LogP contribution < -0.4 is 4.90 Å². The van der Waals surface area contributed by atoms with Gasteiger partial charge in [0.1, 0.15) is 18.4 Å². The highest BCUT2D eigenvalue weighted by Crippen LogP contribution is 2.30. The van der Waals surface area contributed by atoms with Crippen LogP contribution in [0.1, 0.15) is 49.8 Å². The molecule has 0 aromatic carbocycles. The fraction of sp³-hybridized carbons (Fsp3) is 0.667. The molecule has 19 heavy (non-hydrogen) atoms. The second-order valence-electron chi connectivity index (χ2n) is 5.58. The lowest BCUT2D eigenvalue weighted by molar-refractivity contribution is -0.109. The maximum atomic E-state index is 11.3. The molecule has 2 aliphatic rings. The number of fused-ring (bicyclic) bond motifs is 1. The second-order valence-corrected chi connectivity index (χ2v) is 5.58. The fourth-order valence-corrected chi connectivity index (χ4v) is 3.29. The van der Waals surface area contributed by atoms with Crippen molar-refractivity contribution in [3.8, 4) is 0 Å². The predicted octanol–water partition coefficient (Wildman–Crippen LogP) is 2.30. The molecule has 1 saturated heterocycles. The van der Waals surface area contributed by atoms with E-state index in [2.05, 4.69) is 14.9 Å². The molecule has 1 aromatic rings. The van der Waals surface area contributed by atoms with Crippen LogP contribution in [0.3, 0.4) is 0 Å². The lowest BCUT2D eigenvalue weighted by atomic mass is 10.0. The van der Waals surface area contributed by atoms with Crippen LogP contribution in [0, 0.1) is 0 Å². The van der Waals surface area contributed by atoms with Crippen LogP contribution in [0.4, 0.5) is 5.82 Å². The minimum atomic E-state index is 0.0102. The number of nitrogens with zero attached hydrogens (tertiary/aromatic N) is 3. The molecule has 0 bridgehead atoms. The van der Waals surface area contributed by atoms with E-state index >= 15 is 0 Å². The summed E-state index contributed by atoms with van der Waals surface area (Å²) in [6.45, 7) is 0.951. The molecule has 0 amide bonds. The summed E-state index contributed by atoms with van der Waals surface area (Å²) in [5.74, 6) is 1.03. The molecule has 0 saturated carbocycles. The Morgan fingerprint density at radius 2 is 2.00 bits per heavy atom. The summed E-state index contributed by atoms with van der Waals surface area (Å²) in [6, 6.07) is 0.0102. The van der Waals surface area contributed by atoms with Crippen molar-refractivity contribution in [3.05, 3.63) is 17.6 Å². The minimum Gasteiger partial charge on any atom is -0.347 e. The van der Waals surface area contributed by atoms with Gasteiger partial charge in [0.2, 0.25) is 0 Å². The number of aryl methyl sites for hydroxylation is 1. The zero-order valence-electron chi connectivity index (χ0n) is 11.3. The minimum absolute atomic E-state index is 0.0102. The van der Waals surface area contributed by atoms with Crippen LogP contribution in [0.15, 0.2) is 6.33 Å². The van der Waals surface area contributed by atoms with Crippen molar-refractivity contribution in [1.29, 1.82) is 0 Å². The molecule has 1 atom stereocenters. The van der Waals surface area contributed by atoms with E-state index in [0.717, 1.165) is 50.8 Å². The van der Waals surface area contributed by atoms with Crippen LogP contribution in [0.2, 0.25) is 0 Å². The average molecular weight is 259 g/mol. The average Bonchev–Trinajstić information content (AvgIpc) is 2.72. The number of hydrogen-bond donors (Lipinski definition) is 0.